The van der Waals surface area contributed by atoms with Crippen LogP contribution >= 0.6 is 0 Å². The fraction of sp³-hybridized carbons (Fsp3) is 0.348. The van der Waals surface area contributed by atoms with Crippen LogP contribution in [-0.4, -0.2) is 46.5 Å². The van der Waals surface area contributed by atoms with Gasteiger partial charge < -0.3 is 9.80 Å². The number of nitrogens with zero attached hydrogens (tertiary/aromatic N) is 4. The molecule has 4 rings (SSSR count). The molecule has 0 bridgehead atoms. The Morgan fingerprint density at radius 3 is 2.28 bits per heavy atom. The summed E-state index contributed by atoms with van der Waals surface area (Å²) in [6.07, 6.45) is 1.52. The molecule has 1 atom stereocenters. The predicted octanol–water partition coefficient (Wildman–Crippen LogP) is 2.94. The van der Waals surface area contributed by atoms with Gasteiger partial charge in [0, 0.05) is 31.9 Å². The second kappa shape index (κ2) is 8.07. The zero-order chi connectivity index (χ0) is 20.4. The lowest BCUT2D eigenvalue weighted by atomic mass is 10.0. The average Bonchev–Trinajstić information content (AvgIpc) is 2.76. The number of carbonyl (C=O) groups excluding carboxylic acids is 1. The molecule has 1 aromatic heterocycles. The summed E-state index contributed by atoms with van der Waals surface area (Å²) in [5.74, 6) is -0.0257. The Kier molecular flexibility index (Phi) is 5.34. The number of fused-ring (bicyclic) bond motifs is 1. The van der Waals surface area contributed by atoms with Crippen LogP contribution in [0.15, 0.2) is 65.7 Å². The predicted molar refractivity (Wildman–Crippen MR) is 115 cm³/mol. The lowest BCUT2D eigenvalue weighted by molar-refractivity contribution is -0.136. The number of carbonyl (C=O) groups is 1. The fourth-order valence-electron chi connectivity index (χ4n) is 4.02. The highest BCUT2D eigenvalue weighted by Gasteiger charge is 2.31. The highest BCUT2D eigenvalue weighted by molar-refractivity contribution is 5.82. The second-order valence-corrected chi connectivity index (χ2v) is 7.81. The monoisotopic (exact) mass is 390 g/mol. The van der Waals surface area contributed by atoms with E-state index in [1.54, 1.807) is 6.07 Å². The van der Waals surface area contributed by atoms with Crippen LogP contribution in [0.3, 0.4) is 0 Å². The summed E-state index contributed by atoms with van der Waals surface area (Å²) in [6.45, 7) is 6.81. The Morgan fingerprint density at radius 2 is 1.59 bits per heavy atom. The Hall–Kier alpha value is -3.15. The number of amides is 1. The Bertz CT molecular complexity index is 1050. The van der Waals surface area contributed by atoms with Gasteiger partial charge in [-0.3, -0.25) is 14.2 Å². The highest BCUT2D eigenvalue weighted by Crippen LogP contribution is 2.22. The smallest absolute Gasteiger partial charge is 0.261 e. The molecule has 0 saturated carbocycles. The van der Waals surface area contributed by atoms with Crippen molar-refractivity contribution in [2.75, 3.05) is 31.1 Å². The van der Waals surface area contributed by atoms with Gasteiger partial charge in [0.15, 0.2) is 0 Å². The topological polar surface area (TPSA) is 58.4 Å². The van der Waals surface area contributed by atoms with Crippen LogP contribution < -0.4 is 10.5 Å². The lowest BCUT2D eigenvalue weighted by Crippen LogP contribution is -2.52. The summed E-state index contributed by atoms with van der Waals surface area (Å²) in [7, 11) is 0. The standard InChI is InChI=1S/C23H26N4O2/c1-17(2)21(27-16-24-20-11-7-6-10-19(20)22(27)28)23(29)26-14-12-25(13-15-26)18-8-4-3-5-9-18/h3-11,16-17,21H,12-15H2,1-2H3/t21-/m1/s1. The van der Waals surface area contributed by atoms with Gasteiger partial charge in [0.1, 0.15) is 6.04 Å². The largest absolute Gasteiger partial charge is 0.368 e. The number of rotatable bonds is 4. The van der Waals surface area contributed by atoms with Crippen molar-refractivity contribution in [3.8, 4) is 0 Å². The SMILES string of the molecule is CC(C)[C@H](C(=O)N1CCN(c2ccccc2)CC1)n1cnc2ccccc2c1=O. The lowest BCUT2D eigenvalue weighted by Gasteiger charge is -2.38. The number of hydrogen-bond donors (Lipinski definition) is 0. The van der Waals surface area contributed by atoms with E-state index in [-0.39, 0.29) is 17.4 Å². The van der Waals surface area contributed by atoms with E-state index >= 15 is 0 Å². The van der Waals surface area contributed by atoms with Gasteiger partial charge in [-0.25, -0.2) is 4.98 Å². The minimum atomic E-state index is -0.553. The zero-order valence-electron chi connectivity index (χ0n) is 16.9. The first-order valence-electron chi connectivity index (χ1n) is 10.1. The van der Waals surface area contributed by atoms with E-state index in [0.29, 0.717) is 24.0 Å². The van der Waals surface area contributed by atoms with Crippen LogP contribution in [0.4, 0.5) is 5.69 Å². The van der Waals surface area contributed by atoms with Crippen LogP contribution in [0.25, 0.3) is 10.9 Å². The zero-order valence-corrected chi connectivity index (χ0v) is 16.9. The van der Waals surface area contributed by atoms with Crippen LogP contribution in [-0.2, 0) is 4.79 Å². The summed E-state index contributed by atoms with van der Waals surface area (Å²) in [5, 5.41) is 0.544. The van der Waals surface area contributed by atoms with Crippen molar-refractivity contribution in [1.29, 1.82) is 0 Å². The third kappa shape index (κ3) is 3.75. The van der Waals surface area contributed by atoms with E-state index in [1.165, 1.54) is 16.6 Å². The molecular weight excluding hydrogens is 364 g/mol. The van der Waals surface area contributed by atoms with Crippen molar-refractivity contribution in [2.45, 2.75) is 19.9 Å². The molecule has 3 aromatic rings. The van der Waals surface area contributed by atoms with Gasteiger partial charge in [-0.2, -0.15) is 0 Å². The van der Waals surface area contributed by atoms with Crippen molar-refractivity contribution >= 4 is 22.5 Å². The van der Waals surface area contributed by atoms with E-state index in [2.05, 4.69) is 22.0 Å². The maximum atomic E-state index is 13.4. The number of para-hydroxylation sites is 2. The van der Waals surface area contributed by atoms with Gasteiger partial charge in [0.25, 0.3) is 5.56 Å². The fourth-order valence-corrected chi connectivity index (χ4v) is 4.02. The molecule has 1 aliphatic heterocycles. The van der Waals surface area contributed by atoms with Gasteiger partial charge >= 0.3 is 0 Å². The van der Waals surface area contributed by atoms with Crippen molar-refractivity contribution in [1.82, 2.24) is 14.5 Å². The third-order valence-electron chi connectivity index (χ3n) is 5.59. The molecule has 0 unspecified atom stereocenters. The summed E-state index contributed by atoms with van der Waals surface area (Å²) in [6, 6.07) is 17.0. The molecule has 6 nitrogen and oxygen atoms in total. The molecule has 1 fully saturated rings. The first kappa shape index (κ1) is 19.2. The van der Waals surface area contributed by atoms with Crippen molar-refractivity contribution < 1.29 is 4.79 Å². The van der Waals surface area contributed by atoms with E-state index < -0.39 is 6.04 Å². The molecule has 2 heterocycles. The Balaban J connectivity index is 1.56. The van der Waals surface area contributed by atoms with Crippen molar-refractivity contribution in [3.05, 3.63) is 71.3 Å². The molecule has 1 saturated heterocycles. The molecule has 150 valence electrons. The minimum Gasteiger partial charge on any atom is -0.368 e. The maximum absolute atomic E-state index is 13.4. The van der Waals surface area contributed by atoms with Crippen molar-refractivity contribution in [3.63, 3.8) is 0 Å². The molecule has 0 spiro atoms. The molecule has 29 heavy (non-hydrogen) atoms. The number of anilines is 1. The Labute approximate surface area is 170 Å². The molecule has 1 aliphatic rings. The molecule has 0 N–H and O–H groups in total. The molecule has 1 amide bonds. The molecule has 6 heteroatoms. The van der Waals surface area contributed by atoms with Crippen molar-refractivity contribution in [2.24, 2.45) is 5.92 Å². The van der Waals surface area contributed by atoms with Gasteiger partial charge in [-0.15, -0.1) is 0 Å². The summed E-state index contributed by atoms with van der Waals surface area (Å²) < 4.78 is 1.51. The number of hydrogen-bond acceptors (Lipinski definition) is 4. The molecule has 0 aliphatic carbocycles. The second-order valence-electron chi connectivity index (χ2n) is 7.81. The number of benzene rings is 2. The Morgan fingerprint density at radius 1 is 0.931 bits per heavy atom. The normalized spacial score (nSPS) is 15.7. The van der Waals surface area contributed by atoms with E-state index in [0.717, 1.165) is 13.1 Å². The van der Waals surface area contributed by atoms with E-state index in [9.17, 15) is 9.59 Å². The summed E-state index contributed by atoms with van der Waals surface area (Å²) >= 11 is 0. The van der Waals surface area contributed by atoms with E-state index in [1.807, 2.05) is 55.1 Å². The van der Waals surface area contributed by atoms with Gasteiger partial charge in [0.05, 0.1) is 17.2 Å². The van der Waals surface area contributed by atoms with Crippen LogP contribution in [0.2, 0.25) is 0 Å². The number of aromatic nitrogens is 2. The van der Waals surface area contributed by atoms with E-state index in [4.69, 9.17) is 0 Å². The summed E-state index contributed by atoms with van der Waals surface area (Å²) in [4.78, 5) is 35.0. The third-order valence-corrected chi connectivity index (χ3v) is 5.59. The van der Waals surface area contributed by atoms with Gasteiger partial charge in [0.2, 0.25) is 5.91 Å². The highest BCUT2D eigenvalue weighted by atomic mass is 16.2. The average molecular weight is 390 g/mol. The van der Waals surface area contributed by atoms with Gasteiger partial charge in [-0.05, 0) is 30.2 Å². The first-order chi connectivity index (χ1) is 14.1. The van der Waals surface area contributed by atoms with Gasteiger partial charge in [-0.1, -0.05) is 44.2 Å². The summed E-state index contributed by atoms with van der Waals surface area (Å²) in [5.41, 5.74) is 1.67. The van der Waals surface area contributed by atoms with Crippen LogP contribution in [0.5, 0.6) is 0 Å². The number of piperazine rings is 1. The van der Waals surface area contributed by atoms with Crippen LogP contribution in [0, 0.1) is 5.92 Å². The first-order valence-corrected chi connectivity index (χ1v) is 10.1. The minimum absolute atomic E-state index is 0.00751. The maximum Gasteiger partial charge on any atom is 0.261 e. The van der Waals surface area contributed by atoms with Crippen LogP contribution in [0.1, 0.15) is 19.9 Å². The molecule has 2 aromatic carbocycles. The molecular formula is C23H26N4O2. The molecule has 0 radical (unpaired) electrons. The quantitative estimate of drug-likeness (QED) is 0.687.